The van der Waals surface area contributed by atoms with E-state index in [1.54, 1.807) is 0 Å². The maximum atomic E-state index is 6.14. The van der Waals surface area contributed by atoms with E-state index in [1.165, 1.54) is 5.69 Å². The SMILES string of the molecule is CCC1(C)CN(c2ccnc3ccc(Cl)cc23)CCO1. The molecule has 106 valence electrons. The zero-order chi connectivity index (χ0) is 14.2. The van der Waals surface area contributed by atoms with E-state index in [0.29, 0.717) is 0 Å². The minimum atomic E-state index is -0.0770. The van der Waals surface area contributed by atoms with E-state index >= 15 is 0 Å². The molecule has 1 aliphatic heterocycles. The van der Waals surface area contributed by atoms with Crippen LogP contribution in [0.4, 0.5) is 5.69 Å². The highest BCUT2D eigenvalue weighted by Crippen LogP contribution is 2.31. The van der Waals surface area contributed by atoms with E-state index in [2.05, 4.69) is 29.8 Å². The molecule has 1 aromatic heterocycles. The van der Waals surface area contributed by atoms with E-state index < -0.39 is 0 Å². The molecule has 1 saturated heterocycles. The van der Waals surface area contributed by atoms with Crippen molar-refractivity contribution >= 4 is 28.2 Å². The average Bonchev–Trinajstić information content (AvgIpc) is 2.46. The molecule has 1 atom stereocenters. The fourth-order valence-electron chi connectivity index (χ4n) is 2.73. The first kappa shape index (κ1) is 13.7. The van der Waals surface area contributed by atoms with Crippen molar-refractivity contribution in [2.24, 2.45) is 0 Å². The Balaban J connectivity index is 2.03. The Hall–Kier alpha value is -1.32. The number of aromatic nitrogens is 1. The maximum absolute atomic E-state index is 6.14. The number of fused-ring (bicyclic) bond motifs is 1. The third kappa shape index (κ3) is 2.48. The van der Waals surface area contributed by atoms with Gasteiger partial charge < -0.3 is 9.64 Å². The lowest BCUT2D eigenvalue weighted by atomic mass is 10.00. The van der Waals surface area contributed by atoms with Gasteiger partial charge in [-0.3, -0.25) is 4.98 Å². The second-order valence-electron chi connectivity index (χ2n) is 5.57. The standard InChI is InChI=1S/C16H19ClN2O/c1-3-16(2)11-19(8-9-20-16)15-6-7-18-14-5-4-12(17)10-13(14)15/h4-7,10H,3,8-9,11H2,1-2H3. The number of halogens is 1. The van der Waals surface area contributed by atoms with Crippen molar-refractivity contribution in [3.63, 3.8) is 0 Å². The minimum Gasteiger partial charge on any atom is -0.372 e. The Bertz CT molecular complexity index is 631. The normalized spacial score (nSPS) is 23.2. The molecule has 0 radical (unpaired) electrons. The molecule has 2 aromatic rings. The maximum Gasteiger partial charge on any atom is 0.0826 e. The molecule has 0 spiro atoms. The molecule has 1 unspecified atom stereocenters. The summed E-state index contributed by atoms with van der Waals surface area (Å²) in [7, 11) is 0. The molecule has 0 saturated carbocycles. The smallest absolute Gasteiger partial charge is 0.0826 e. The molecule has 0 aliphatic carbocycles. The van der Waals surface area contributed by atoms with Crippen molar-refractivity contribution in [2.75, 3.05) is 24.6 Å². The molecule has 3 nitrogen and oxygen atoms in total. The van der Waals surface area contributed by atoms with Gasteiger partial charge in [0.15, 0.2) is 0 Å². The Labute approximate surface area is 124 Å². The summed E-state index contributed by atoms with van der Waals surface area (Å²) in [5, 5.41) is 1.86. The van der Waals surface area contributed by atoms with E-state index in [-0.39, 0.29) is 5.60 Å². The fourth-order valence-corrected chi connectivity index (χ4v) is 2.90. The van der Waals surface area contributed by atoms with Crippen molar-refractivity contribution in [3.05, 3.63) is 35.5 Å². The Morgan fingerprint density at radius 2 is 2.25 bits per heavy atom. The van der Waals surface area contributed by atoms with E-state index in [9.17, 15) is 0 Å². The van der Waals surface area contributed by atoms with Crippen molar-refractivity contribution in [3.8, 4) is 0 Å². The predicted octanol–water partition coefficient (Wildman–Crippen LogP) is 3.89. The third-order valence-corrected chi connectivity index (χ3v) is 4.34. The van der Waals surface area contributed by atoms with Gasteiger partial charge in [0.1, 0.15) is 0 Å². The lowest BCUT2D eigenvalue weighted by Gasteiger charge is -2.41. The molecule has 1 aliphatic rings. The number of benzene rings is 1. The number of rotatable bonds is 2. The van der Waals surface area contributed by atoms with Gasteiger partial charge in [-0.15, -0.1) is 0 Å². The summed E-state index contributed by atoms with van der Waals surface area (Å²) in [6, 6.07) is 7.93. The van der Waals surface area contributed by atoms with Crippen molar-refractivity contribution in [2.45, 2.75) is 25.9 Å². The summed E-state index contributed by atoms with van der Waals surface area (Å²) in [5.74, 6) is 0. The zero-order valence-electron chi connectivity index (χ0n) is 11.9. The van der Waals surface area contributed by atoms with Crippen LogP contribution in [-0.2, 0) is 4.74 Å². The molecular weight excluding hydrogens is 272 g/mol. The van der Waals surface area contributed by atoms with Crippen LogP contribution in [0.1, 0.15) is 20.3 Å². The van der Waals surface area contributed by atoms with E-state index in [4.69, 9.17) is 16.3 Å². The predicted molar refractivity (Wildman–Crippen MR) is 83.6 cm³/mol. The quantitative estimate of drug-likeness (QED) is 0.839. The summed E-state index contributed by atoms with van der Waals surface area (Å²) >= 11 is 6.14. The van der Waals surface area contributed by atoms with Gasteiger partial charge in [0.05, 0.1) is 17.7 Å². The van der Waals surface area contributed by atoms with Crippen molar-refractivity contribution in [1.82, 2.24) is 4.98 Å². The highest BCUT2D eigenvalue weighted by atomic mass is 35.5. The lowest BCUT2D eigenvalue weighted by Crippen LogP contribution is -2.49. The molecular formula is C16H19ClN2O. The topological polar surface area (TPSA) is 25.4 Å². The molecule has 20 heavy (non-hydrogen) atoms. The first-order valence-corrected chi connectivity index (χ1v) is 7.42. The summed E-state index contributed by atoms with van der Waals surface area (Å²) in [6.07, 6.45) is 2.87. The number of pyridine rings is 1. The lowest BCUT2D eigenvalue weighted by molar-refractivity contribution is -0.0440. The molecule has 3 rings (SSSR count). The van der Waals surface area contributed by atoms with Crippen LogP contribution in [-0.4, -0.2) is 30.3 Å². The Kier molecular flexibility index (Phi) is 3.57. The zero-order valence-corrected chi connectivity index (χ0v) is 12.7. The van der Waals surface area contributed by atoms with Gasteiger partial charge in [-0.1, -0.05) is 18.5 Å². The van der Waals surface area contributed by atoms with Crippen molar-refractivity contribution in [1.29, 1.82) is 0 Å². The van der Waals surface area contributed by atoms with Gasteiger partial charge in [0.2, 0.25) is 0 Å². The molecule has 1 aromatic carbocycles. The van der Waals surface area contributed by atoms with Crippen LogP contribution in [0.15, 0.2) is 30.5 Å². The van der Waals surface area contributed by atoms with Gasteiger partial charge >= 0.3 is 0 Å². The van der Waals surface area contributed by atoms with Crippen LogP contribution >= 0.6 is 11.6 Å². The summed E-state index contributed by atoms with van der Waals surface area (Å²) in [6.45, 7) is 6.91. The van der Waals surface area contributed by atoms with Gasteiger partial charge in [0.25, 0.3) is 0 Å². The van der Waals surface area contributed by atoms with Crippen LogP contribution in [0.5, 0.6) is 0 Å². The first-order valence-electron chi connectivity index (χ1n) is 7.04. The van der Waals surface area contributed by atoms with Crippen LogP contribution in [0, 0.1) is 0 Å². The van der Waals surface area contributed by atoms with Crippen molar-refractivity contribution < 1.29 is 4.74 Å². The van der Waals surface area contributed by atoms with E-state index in [1.807, 2.05) is 24.4 Å². The number of hydrogen-bond donors (Lipinski definition) is 0. The molecule has 2 heterocycles. The van der Waals surface area contributed by atoms with Gasteiger partial charge in [-0.05, 0) is 37.6 Å². The summed E-state index contributed by atoms with van der Waals surface area (Å²) in [5.41, 5.74) is 2.10. The molecule has 0 amide bonds. The number of anilines is 1. The number of ether oxygens (including phenoxy) is 1. The Morgan fingerprint density at radius 3 is 3.05 bits per heavy atom. The molecule has 0 bridgehead atoms. The second kappa shape index (κ2) is 5.23. The van der Waals surface area contributed by atoms with Gasteiger partial charge in [-0.25, -0.2) is 0 Å². The van der Waals surface area contributed by atoms with Gasteiger partial charge in [0, 0.05) is 35.4 Å². The van der Waals surface area contributed by atoms with Gasteiger partial charge in [-0.2, -0.15) is 0 Å². The van der Waals surface area contributed by atoms with Crippen LogP contribution < -0.4 is 4.90 Å². The average molecular weight is 291 g/mol. The third-order valence-electron chi connectivity index (χ3n) is 4.11. The summed E-state index contributed by atoms with van der Waals surface area (Å²) < 4.78 is 5.92. The van der Waals surface area contributed by atoms with Crippen LogP contribution in [0.25, 0.3) is 10.9 Å². The highest BCUT2D eigenvalue weighted by Gasteiger charge is 2.30. The second-order valence-corrected chi connectivity index (χ2v) is 6.00. The van der Waals surface area contributed by atoms with Crippen LogP contribution in [0.3, 0.4) is 0 Å². The largest absolute Gasteiger partial charge is 0.372 e. The molecule has 1 fully saturated rings. The minimum absolute atomic E-state index is 0.0770. The summed E-state index contributed by atoms with van der Waals surface area (Å²) in [4.78, 5) is 6.80. The first-order chi connectivity index (χ1) is 9.61. The van der Waals surface area contributed by atoms with E-state index in [0.717, 1.165) is 42.0 Å². The van der Waals surface area contributed by atoms with Crippen LogP contribution in [0.2, 0.25) is 5.02 Å². The molecule has 0 N–H and O–H groups in total. The number of hydrogen-bond acceptors (Lipinski definition) is 3. The highest BCUT2D eigenvalue weighted by molar-refractivity contribution is 6.31. The number of morpholine rings is 1. The Morgan fingerprint density at radius 1 is 1.40 bits per heavy atom. The number of nitrogens with zero attached hydrogens (tertiary/aromatic N) is 2. The monoisotopic (exact) mass is 290 g/mol. The molecule has 4 heteroatoms. The fraction of sp³-hybridized carbons (Fsp3) is 0.438.